The third-order valence-corrected chi connectivity index (χ3v) is 3.35. The van der Waals surface area contributed by atoms with Gasteiger partial charge in [-0.25, -0.2) is 4.79 Å². The van der Waals surface area contributed by atoms with Crippen molar-refractivity contribution < 1.29 is 19.1 Å². The predicted octanol–water partition coefficient (Wildman–Crippen LogP) is 2.18. The Bertz CT molecular complexity index is 544. The summed E-state index contributed by atoms with van der Waals surface area (Å²) in [4.78, 5) is 23.1. The van der Waals surface area contributed by atoms with E-state index in [-0.39, 0.29) is 30.6 Å². The topological polar surface area (TPSA) is 64.6 Å². The maximum absolute atomic E-state index is 11.7. The first-order valence-electron chi connectivity index (χ1n) is 7.53. The van der Waals surface area contributed by atoms with E-state index >= 15 is 0 Å². The molecule has 1 aliphatic carbocycles. The molecule has 5 heteroatoms. The molecule has 1 aliphatic rings. The van der Waals surface area contributed by atoms with Crippen molar-refractivity contribution in [3.05, 3.63) is 29.8 Å². The molecule has 22 heavy (non-hydrogen) atoms. The number of hydrogen-bond acceptors (Lipinski definition) is 4. The number of rotatable bonds is 6. The molecule has 0 saturated heterocycles. The van der Waals surface area contributed by atoms with Crippen molar-refractivity contribution in [1.29, 1.82) is 0 Å². The molecular formula is C17H23NO4. The summed E-state index contributed by atoms with van der Waals surface area (Å²) in [6.45, 7) is 5.78. The van der Waals surface area contributed by atoms with Gasteiger partial charge in [0.25, 0.3) is 5.91 Å². The first kappa shape index (κ1) is 16.3. The van der Waals surface area contributed by atoms with Crippen LogP contribution in [0.4, 0.5) is 0 Å². The molecule has 0 atom stereocenters. The molecule has 0 aromatic heterocycles. The molecule has 1 amide bonds. The lowest BCUT2D eigenvalue weighted by molar-refractivity contribution is -0.150. The van der Waals surface area contributed by atoms with E-state index in [1.807, 2.05) is 24.3 Å². The van der Waals surface area contributed by atoms with Crippen LogP contribution in [0.3, 0.4) is 0 Å². The van der Waals surface area contributed by atoms with Crippen molar-refractivity contribution in [2.24, 2.45) is 0 Å². The van der Waals surface area contributed by atoms with Crippen molar-refractivity contribution in [3.63, 3.8) is 0 Å². The fourth-order valence-corrected chi connectivity index (χ4v) is 2.03. The van der Waals surface area contributed by atoms with E-state index < -0.39 is 5.97 Å². The monoisotopic (exact) mass is 305 g/mol. The maximum atomic E-state index is 11.7. The van der Waals surface area contributed by atoms with Crippen LogP contribution in [-0.4, -0.2) is 31.1 Å². The summed E-state index contributed by atoms with van der Waals surface area (Å²) in [5.74, 6) is -0.144. The largest absolute Gasteiger partial charge is 0.482 e. The summed E-state index contributed by atoms with van der Waals surface area (Å²) >= 11 is 0. The fourth-order valence-electron chi connectivity index (χ4n) is 2.03. The summed E-state index contributed by atoms with van der Waals surface area (Å²) < 4.78 is 10.4. The molecule has 120 valence electrons. The van der Waals surface area contributed by atoms with Crippen LogP contribution < -0.4 is 10.1 Å². The minimum atomic E-state index is -0.547. The Balaban J connectivity index is 1.79. The number of carbonyl (C=O) groups is 2. The number of hydrogen-bond donors (Lipinski definition) is 1. The van der Waals surface area contributed by atoms with Crippen LogP contribution >= 0.6 is 0 Å². The summed E-state index contributed by atoms with van der Waals surface area (Å²) in [6.07, 6.45) is 2.01. The molecule has 0 aliphatic heterocycles. The number of para-hydroxylation sites is 1. The smallest absolute Gasteiger partial charge is 0.344 e. The molecule has 0 radical (unpaired) electrons. The highest BCUT2D eigenvalue weighted by atomic mass is 16.6. The molecule has 0 heterocycles. The third-order valence-electron chi connectivity index (χ3n) is 3.35. The van der Waals surface area contributed by atoms with E-state index in [2.05, 4.69) is 26.1 Å². The van der Waals surface area contributed by atoms with Gasteiger partial charge in [0.05, 0.1) is 0 Å². The lowest BCUT2D eigenvalue weighted by atomic mass is 9.86. The molecular weight excluding hydrogens is 282 g/mol. The van der Waals surface area contributed by atoms with E-state index in [1.54, 1.807) is 0 Å². The Labute approximate surface area is 131 Å². The molecule has 1 aromatic rings. The normalized spacial score (nSPS) is 14.3. The minimum absolute atomic E-state index is 0.0787. The Morgan fingerprint density at radius 3 is 2.50 bits per heavy atom. The average Bonchev–Trinajstić information content (AvgIpc) is 3.26. The molecule has 0 unspecified atom stereocenters. The molecule has 5 nitrogen and oxygen atoms in total. The van der Waals surface area contributed by atoms with E-state index in [1.165, 1.54) is 0 Å². The minimum Gasteiger partial charge on any atom is -0.482 e. The van der Waals surface area contributed by atoms with E-state index in [4.69, 9.17) is 9.47 Å². The lowest BCUT2D eigenvalue weighted by Gasteiger charge is -2.22. The molecule has 1 saturated carbocycles. The van der Waals surface area contributed by atoms with Gasteiger partial charge in [-0.2, -0.15) is 0 Å². The zero-order chi connectivity index (χ0) is 16.2. The van der Waals surface area contributed by atoms with Crippen molar-refractivity contribution in [2.75, 3.05) is 13.2 Å². The lowest BCUT2D eigenvalue weighted by Crippen LogP contribution is -2.31. The Kier molecular flexibility index (Phi) is 5.06. The maximum Gasteiger partial charge on any atom is 0.344 e. The van der Waals surface area contributed by atoms with Gasteiger partial charge in [0.15, 0.2) is 13.2 Å². The average molecular weight is 305 g/mol. The first-order chi connectivity index (χ1) is 10.4. The van der Waals surface area contributed by atoms with Crippen molar-refractivity contribution in [1.82, 2.24) is 5.32 Å². The van der Waals surface area contributed by atoms with Gasteiger partial charge in [0.1, 0.15) is 5.75 Å². The SMILES string of the molecule is CC(C)(C)c1ccccc1OCC(=O)OCC(=O)NC1CC1. The number of benzene rings is 1. The molecule has 1 aromatic carbocycles. The zero-order valence-corrected chi connectivity index (χ0v) is 13.3. The highest BCUT2D eigenvalue weighted by molar-refractivity contribution is 5.81. The van der Waals surface area contributed by atoms with Gasteiger partial charge in [-0.15, -0.1) is 0 Å². The van der Waals surface area contributed by atoms with Crippen LogP contribution in [0.25, 0.3) is 0 Å². The van der Waals surface area contributed by atoms with Gasteiger partial charge < -0.3 is 14.8 Å². The van der Waals surface area contributed by atoms with E-state index in [9.17, 15) is 9.59 Å². The number of ether oxygens (including phenoxy) is 2. The summed E-state index contributed by atoms with van der Waals surface area (Å²) in [6, 6.07) is 7.87. The molecule has 0 spiro atoms. The van der Waals surface area contributed by atoms with E-state index in [0.717, 1.165) is 18.4 Å². The molecule has 2 rings (SSSR count). The van der Waals surface area contributed by atoms with Gasteiger partial charge in [-0.05, 0) is 29.9 Å². The number of carbonyl (C=O) groups excluding carboxylic acids is 2. The summed E-state index contributed by atoms with van der Waals surface area (Å²) in [5, 5.41) is 2.76. The van der Waals surface area contributed by atoms with Crippen LogP contribution in [0.2, 0.25) is 0 Å². The Morgan fingerprint density at radius 2 is 1.86 bits per heavy atom. The van der Waals surface area contributed by atoms with Gasteiger partial charge in [0, 0.05) is 6.04 Å². The van der Waals surface area contributed by atoms with Gasteiger partial charge in [-0.3, -0.25) is 4.79 Å². The van der Waals surface area contributed by atoms with Gasteiger partial charge in [0.2, 0.25) is 0 Å². The van der Waals surface area contributed by atoms with Gasteiger partial charge >= 0.3 is 5.97 Å². The van der Waals surface area contributed by atoms with Crippen LogP contribution in [0.15, 0.2) is 24.3 Å². The zero-order valence-electron chi connectivity index (χ0n) is 13.3. The quantitative estimate of drug-likeness (QED) is 0.818. The first-order valence-corrected chi connectivity index (χ1v) is 7.53. The fraction of sp³-hybridized carbons (Fsp3) is 0.529. The second-order valence-corrected chi connectivity index (χ2v) is 6.54. The van der Waals surface area contributed by atoms with Crippen molar-refractivity contribution in [2.45, 2.75) is 45.1 Å². The highest BCUT2D eigenvalue weighted by Crippen LogP contribution is 2.30. The molecule has 1 N–H and O–H groups in total. The Morgan fingerprint density at radius 1 is 1.18 bits per heavy atom. The Hall–Kier alpha value is -2.04. The predicted molar refractivity (Wildman–Crippen MR) is 82.8 cm³/mol. The summed E-state index contributed by atoms with van der Waals surface area (Å²) in [7, 11) is 0. The highest BCUT2D eigenvalue weighted by Gasteiger charge is 2.23. The standard InChI is InChI=1S/C17H23NO4/c1-17(2,3)13-6-4-5-7-14(13)21-11-16(20)22-10-15(19)18-12-8-9-12/h4-7,12H,8-11H2,1-3H3,(H,18,19). The van der Waals surface area contributed by atoms with Crippen LogP contribution in [0.1, 0.15) is 39.2 Å². The van der Waals surface area contributed by atoms with Gasteiger partial charge in [-0.1, -0.05) is 39.0 Å². The van der Waals surface area contributed by atoms with Crippen LogP contribution in [-0.2, 0) is 19.7 Å². The second kappa shape index (κ2) is 6.81. The van der Waals surface area contributed by atoms with Crippen molar-refractivity contribution >= 4 is 11.9 Å². The third kappa shape index (κ3) is 5.06. The number of esters is 1. The van der Waals surface area contributed by atoms with Crippen molar-refractivity contribution in [3.8, 4) is 5.75 Å². The summed E-state index contributed by atoms with van der Waals surface area (Å²) in [5.41, 5.74) is 0.944. The second-order valence-electron chi connectivity index (χ2n) is 6.54. The number of amides is 1. The van der Waals surface area contributed by atoms with Crippen LogP contribution in [0.5, 0.6) is 5.75 Å². The van der Waals surface area contributed by atoms with Crippen LogP contribution in [0, 0.1) is 0 Å². The molecule has 0 bridgehead atoms. The number of nitrogens with one attached hydrogen (secondary N) is 1. The molecule has 1 fully saturated rings. The van der Waals surface area contributed by atoms with E-state index in [0.29, 0.717) is 5.75 Å².